The minimum atomic E-state index is -0.381. The molecule has 0 spiro atoms. The molecule has 2 aromatic carbocycles. The van der Waals surface area contributed by atoms with Gasteiger partial charge in [-0.25, -0.2) is 4.79 Å². The number of hydrogen-bond donors (Lipinski definition) is 1. The molecule has 1 aliphatic rings. The van der Waals surface area contributed by atoms with Crippen molar-refractivity contribution in [1.29, 1.82) is 0 Å². The van der Waals surface area contributed by atoms with E-state index in [1.807, 2.05) is 42.5 Å². The van der Waals surface area contributed by atoms with E-state index in [1.165, 1.54) is 17.4 Å². The Hall–Kier alpha value is -3.10. The third-order valence-electron chi connectivity index (χ3n) is 6.13. The molecule has 1 amide bonds. The smallest absolute Gasteiger partial charge is 0.341 e. The minimum Gasteiger partial charge on any atom is -0.493 e. The second-order valence-corrected chi connectivity index (χ2v) is 10.9. The van der Waals surface area contributed by atoms with Gasteiger partial charge < -0.3 is 19.5 Å². The predicted octanol–water partition coefficient (Wildman–Crippen LogP) is 7.05. The number of rotatable bonds is 9. The predicted molar refractivity (Wildman–Crippen MR) is 151 cm³/mol. The van der Waals surface area contributed by atoms with E-state index in [1.54, 1.807) is 20.1 Å². The highest BCUT2D eigenvalue weighted by Crippen LogP contribution is 2.40. The van der Waals surface area contributed by atoms with Gasteiger partial charge in [-0.2, -0.15) is 0 Å². The Kier molecular flexibility index (Phi) is 9.05. The fourth-order valence-corrected chi connectivity index (χ4v) is 6.27. The highest BCUT2D eigenvalue weighted by molar-refractivity contribution is 9.10. The van der Waals surface area contributed by atoms with Crippen LogP contribution in [0.2, 0.25) is 0 Å². The number of carbonyl (C=O) groups excluding carboxylic acids is 2. The van der Waals surface area contributed by atoms with E-state index in [-0.39, 0.29) is 18.5 Å². The van der Waals surface area contributed by atoms with Crippen molar-refractivity contribution in [3.63, 3.8) is 0 Å². The molecule has 0 fully saturated rings. The summed E-state index contributed by atoms with van der Waals surface area (Å²) in [6.45, 7) is 4.68. The van der Waals surface area contributed by atoms with Crippen molar-refractivity contribution in [2.45, 2.75) is 39.7 Å². The molecular formula is C29H30BrNO5S. The highest BCUT2D eigenvalue weighted by atomic mass is 79.9. The second kappa shape index (κ2) is 12.4. The van der Waals surface area contributed by atoms with Gasteiger partial charge in [-0.3, -0.25) is 4.79 Å². The number of anilines is 1. The first kappa shape index (κ1) is 26.9. The lowest BCUT2D eigenvalue weighted by Gasteiger charge is -2.18. The number of esters is 1. The average Bonchev–Trinajstić information content (AvgIpc) is 3.23. The van der Waals surface area contributed by atoms with Crippen molar-refractivity contribution in [3.05, 3.63) is 80.1 Å². The molecule has 194 valence electrons. The van der Waals surface area contributed by atoms with Crippen LogP contribution in [0.1, 0.15) is 52.2 Å². The van der Waals surface area contributed by atoms with Crippen LogP contribution < -0.4 is 14.8 Å². The number of thiophene rings is 1. The summed E-state index contributed by atoms with van der Waals surface area (Å²) < 4.78 is 17.5. The van der Waals surface area contributed by atoms with E-state index < -0.39 is 0 Å². The Balaban J connectivity index is 1.50. The monoisotopic (exact) mass is 583 g/mol. The van der Waals surface area contributed by atoms with Gasteiger partial charge in [0.15, 0.2) is 11.5 Å². The van der Waals surface area contributed by atoms with Crippen LogP contribution >= 0.6 is 27.3 Å². The number of nitrogens with one attached hydrogen (secondary N) is 1. The molecule has 0 saturated heterocycles. The normalized spacial score (nSPS) is 14.8. The topological polar surface area (TPSA) is 73.9 Å². The maximum Gasteiger partial charge on any atom is 0.341 e. The first-order valence-corrected chi connectivity index (χ1v) is 13.9. The molecule has 1 heterocycles. The Morgan fingerprint density at radius 3 is 2.73 bits per heavy atom. The summed E-state index contributed by atoms with van der Waals surface area (Å²) in [5.41, 5.74) is 3.32. The molecule has 1 unspecified atom stereocenters. The van der Waals surface area contributed by atoms with Crippen molar-refractivity contribution in [3.8, 4) is 11.5 Å². The summed E-state index contributed by atoms with van der Waals surface area (Å²) in [5.74, 6) is 0.989. The molecule has 1 aromatic heterocycles. The molecule has 6 nitrogen and oxygen atoms in total. The maximum atomic E-state index is 12.9. The van der Waals surface area contributed by atoms with Crippen LogP contribution in [0.3, 0.4) is 0 Å². The molecule has 4 rings (SSSR count). The van der Waals surface area contributed by atoms with Gasteiger partial charge in [0.05, 0.1) is 23.8 Å². The quantitative estimate of drug-likeness (QED) is 0.216. The van der Waals surface area contributed by atoms with E-state index in [2.05, 4.69) is 28.2 Å². The minimum absolute atomic E-state index is 0.287. The number of carbonyl (C=O) groups is 2. The number of halogens is 1. The summed E-state index contributed by atoms with van der Waals surface area (Å²) in [6.07, 6.45) is 5.89. The first-order valence-electron chi connectivity index (χ1n) is 12.2. The van der Waals surface area contributed by atoms with Crippen molar-refractivity contribution < 1.29 is 23.8 Å². The molecule has 1 N–H and O–H groups in total. The van der Waals surface area contributed by atoms with E-state index >= 15 is 0 Å². The molecule has 1 aliphatic carbocycles. The molecule has 0 bridgehead atoms. The number of methoxy groups -OCH3 is 1. The maximum absolute atomic E-state index is 12.9. The molecule has 0 radical (unpaired) electrons. The van der Waals surface area contributed by atoms with Crippen LogP contribution in [0, 0.1) is 5.92 Å². The number of fused-ring (bicyclic) bond motifs is 1. The van der Waals surface area contributed by atoms with Gasteiger partial charge in [0, 0.05) is 11.0 Å². The van der Waals surface area contributed by atoms with Crippen molar-refractivity contribution >= 4 is 50.2 Å². The molecule has 0 saturated carbocycles. The Morgan fingerprint density at radius 2 is 2.00 bits per heavy atom. The van der Waals surface area contributed by atoms with Crippen LogP contribution in [-0.2, 0) is 29.0 Å². The zero-order valence-electron chi connectivity index (χ0n) is 21.1. The van der Waals surface area contributed by atoms with Gasteiger partial charge in [-0.15, -0.1) is 11.3 Å². The van der Waals surface area contributed by atoms with Crippen LogP contribution in [0.25, 0.3) is 6.08 Å². The highest BCUT2D eigenvalue weighted by Gasteiger charge is 2.29. The first-order chi connectivity index (χ1) is 17.9. The summed E-state index contributed by atoms with van der Waals surface area (Å²) in [4.78, 5) is 26.7. The molecule has 8 heteroatoms. The lowest BCUT2D eigenvalue weighted by atomic mass is 9.88. The Morgan fingerprint density at radius 1 is 1.22 bits per heavy atom. The fraction of sp³-hybridized carbons (Fsp3) is 0.310. The Labute approximate surface area is 229 Å². The summed E-state index contributed by atoms with van der Waals surface area (Å²) in [5, 5.41) is 3.46. The van der Waals surface area contributed by atoms with Crippen LogP contribution in [-0.4, -0.2) is 25.6 Å². The largest absolute Gasteiger partial charge is 0.493 e. The molecular weight excluding hydrogens is 554 g/mol. The van der Waals surface area contributed by atoms with Gasteiger partial charge in [-0.1, -0.05) is 37.3 Å². The number of amides is 1. The van der Waals surface area contributed by atoms with Gasteiger partial charge >= 0.3 is 5.97 Å². The van der Waals surface area contributed by atoms with E-state index in [0.29, 0.717) is 39.1 Å². The number of benzene rings is 2. The Bertz CT molecular complexity index is 1300. The van der Waals surface area contributed by atoms with E-state index in [0.717, 1.165) is 40.8 Å². The third kappa shape index (κ3) is 6.62. The number of hydrogen-bond acceptors (Lipinski definition) is 6. The third-order valence-corrected chi connectivity index (χ3v) is 7.89. The van der Waals surface area contributed by atoms with Gasteiger partial charge in [0.2, 0.25) is 5.91 Å². The number of ether oxygens (including phenoxy) is 3. The summed E-state index contributed by atoms with van der Waals surface area (Å²) in [7, 11) is 1.58. The summed E-state index contributed by atoms with van der Waals surface area (Å²) >= 11 is 5.03. The summed E-state index contributed by atoms with van der Waals surface area (Å²) in [6, 6.07) is 13.5. The molecule has 3 aromatic rings. The van der Waals surface area contributed by atoms with Crippen molar-refractivity contribution in [2.24, 2.45) is 5.92 Å². The van der Waals surface area contributed by atoms with Crippen LogP contribution in [0.15, 0.2) is 53.0 Å². The van der Waals surface area contributed by atoms with Gasteiger partial charge in [0.1, 0.15) is 11.6 Å². The van der Waals surface area contributed by atoms with Crippen LogP contribution in [0.4, 0.5) is 5.00 Å². The lowest BCUT2D eigenvalue weighted by molar-refractivity contribution is -0.111. The zero-order chi connectivity index (χ0) is 26.4. The molecule has 0 aliphatic heterocycles. The van der Waals surface area contributed by atoms with Crippen molar-refractivity contribution in [1.82, 2.24) is 0 Å². The molecule has 1 atom stereocenters. The zero-order valence-corrected chi connectivity index (χ0v) is 23.5. The van der Waals surface area contributed by atoms with Gasteiger partial charge in [-0.05, 0) is 82.9 Å². The molecule has 37 heavy (non-hydrogen) atoms. The fourth-order valence-electron chi connectivity index (χ4n) is 4.29. The van der Waals surface area contributed by atoms with Crippen molar-refractivity contribution in [2.75, 3.05) is 19.0 Å². The SMILES string of the molecule is CCOC(=O)c1c(NC(=O)C=Cc2cc(Br)c(OCc3ccccc3)c(OC)c2)sc2c1CCC(C)C2. The second-order valence-electron chi connectivity index (χ2n) is 8.91. The van der Waals surface area contributed by atoms with E-state index in [9.17, 15) is 9.59 Å². The average molecular weight is 585 g/mol. The van der Waals surface area contributed by atoms with Crippen LogP contribution in [0.5, 0.6) is 11.5 Å². The van der Waals surface area contributed by atoms with E-state index in [4.69, 9.17) is 14.2 Å². The lowest BCUT2D eigenvalue weighted by Crippen LogP contribution is -2.15. The van der Waals surface area contributed by atoms with Gasteiger partial charge in [0.25, 0.3) is 0 Å². The standard InChI is InChI=1S/C29H30BrNO5S/c1-4-35-29(33)26-21-12-10-18(2)14-24(21)37-28(26)31-25(32)13-11-20-15-22(30)27(23(16-20)34-3)36-17-19-8-6-5-7-9-19/h5-9,11,13,15-16,18H,4,10,12,14,17H2,1-3H3,(H,31,32).